The summed E-state index contributed by atoms with van der Waals surface area (Å²) in [4.78, 5) is 25.8. The zero-order valence-electron chi connectivity index (χ0n) is 17.0. The van der Waals surface area contributed by atoms with Crippen LogP contribution in [0.15, 0.2) is 54.7 Å². The number of amides is 1. The van der Waals surface area contributed by atoms with Gasteiger partial charge in [0.15, 0.2) is 0 Å². The van der Waals surface area contributed by atoms with Crippen molar-refractivity contribution in [1.29, 1.82) is 0 Å². The number of carboxylic acid groups (broad SMARTS) is 1. The molecule has 1 amide bonds. The number of rotatable bonds is 4. The molecule has 31 heavy (non-hydrogen) atoms. The lowest BCUT2D eigenvalue weighted by Gasteiger charge is -2.31. The Morgan fingerprint density at radius 1 is 1.03 bits per heavy atom. The number of aromatic carboxylic acids is 1. The zero-order valence-corrected chi connectivity index (χ0v) is 17.0. The molecule has 0 radical (unpaired) electrons. The molecule has 1 aliphatic carbocycles. The lowest BCUT2D eigenvalue weighted by Crippen LogP contribution is -2.39. The van der Waals surface area contributed by atoms with Crippen LogP contribution in [0, 0.1) is 0 Å². The largest absolute Gasteiger partial charge is 0.478 e. The van der Waals surface area contributed by atoms with E-state index < -0.39 is 5.97 Å². The molecule has 0 unspecified atom stereocenters. The number of aromatic nitrogens is 2. The van der Waals surface area contributed by atoms with Crippen LogP contribution in [0.5, 0.6) is 0 Å². The van der Waals surface area contributed by atoms with E-state index in [4.69, 9.17) is 4.74 Å². The summed E-state index contributed by atoms with van der Waals surface area (Å²) in [5.74, 6) is -0.897. The average molecular weight is 417 g/mol. The SMILES string of the molecule is O=C(O)c1cn[nH]c1C1CCN(C(=O)OCC2c3ccccc3-c3ccccc32)CC1. The van der Waals surface area contributed by atoms with E-state index in [1.165, 1.54) is 28.5 Å². The van der Waals surface area contributed by atoms with E-state index in [2.05, 4.69) is 34.5 Å². The number of likely N-dealkylation sites (tertiary alicyclic amines) is 1. The number of carbonyl (C=O) groups is 2. The van der Waals surface area contributed by atoms with Gasteiger partial charge >= 0.3 is 12.1 Å². The van der Waals surface area contributed by atoms with E-state index in [9.17, 15) is 14.7 Å². The normalized spacial score (nSPS) is 16.1. The van der Waals surface area contributed by atoms with Gasteiger partial charge in [-0.15, -0.1) is 0 Å². The molecule has 5 rings (SSSR count). The van der Waals surface area contributed by atoms with Gasteiger partial charge in [0, 0.05) is 24.9 Å². The molecule has 158 valence electrons. The highest BCUT2D eigenvalue weighted by Crippen LogP contribution is 2.44. The first-order chi connectivity index (χ1) is 15.1. The number of piperidine rings is 1. The van der Waals surface area contributed by atoms with E-state index in [1.807, 2.05) is 24.3 Å². The number of carboxylic acids is 1. The van der Waals surface area contributed by atoms with Gasteiger partial charge < -0.3 is 14.7 Å². The van der Waals surface area contributed by atoms with Gasteiger partial charge in [0.05, 0.1) is 11.9 Å². The van der Waals surface area contributed by atoms with Crippen molar-refractivity contribution in [3.8, 4) is 11.1 Å². The molecule has 0 spiro atoms. The second kappa shape index (κ2) is 7.91. The number of benzene rings is 2. The van der Waals surface area contributed by atoms with Crippen molar-refractivity contribution < 1.29 is 19.4 Å². The van der Waals surface area contributed by atoms with Crippen molar-refractivity contribution in [2.75, 3.05) is 19.7 Å². The number of fused-ring (bicyclic) bond motifs is 3. The number of hydrogen-bond donors (Lipinski definition) is 2. The van der Waals surface area contributed by atoms with Gasteiger partial charge in [0.2, 0.25) is 0 Å². The standard InChI is InChI=1S/C24H23N3O4/c28-23(29)20-13-25-26-22(20)15-9-11-27(12-10-15)24(30)31-14-21-18-7-3-1-5-16(18)17-6-2-4-8-19(17)21/h1-8,13,15,21H,9-12,14H2,(H,25,26)(H,28,29). The van der Waals surface area contributed by atoms with Gasteiger partial charge in [0.25, 0.3) is 0 Å². The predicted molar refractivity (Wildman–Crippen MR) is 114 cm³/mol. The van der Waals surface area contributed by atoms with Crippen LogP contribution >= 0.6 is 0 Å². The summed E-state index contributed by atoms with van der Waals surface area (Å²) in [7, 11) is 0. The van der Waals surface area contributed by atoms with E-state index >= 15 is 0 Å². The molecule has 1 fully saturated rings. The molecular weight excluding hydrogens is 394 g/mol. The molecule has 7 heteroatoms. The maximum absolute atomic E-state index is 12.7. The molecule has 0 bridgehead atoms. The highest BCUT2D eigenvalue weighted by Gasteiger charge is 2.31. The molecular formula is C24H23N3O4. The Morgan fingerprint density at radius 3 is 2.26 bits per heavy atom. The van der Waals surface area contributed by atoms with Crippen LogP contribution in [0.1, 0.15) is 51.9 Å². The quantitative estimate of drug-likeness (QED) is 0.662. The van der Waals surface area contributed by atoms with Crippen LogP contribution in [0.25, 0.3) is 11.1 Å². The summed E-state index contributed by atoms with van der Waals surface area (Å²) in [5.41, 5.74) is 5.63. The average Bonchev–Trinajstić information content (AvgIpc) is 3.41. The molecule has 3 aromatic rings. The van der Waals surface area contributed by atoms with E-state index in [1.54, 1.807) is 4.90 Å². The summed E-state index contributed by atoms with van der Waals surface area (Å²) >= 11 is 0. The number of carbonyl (C=O) groups excluding carboxylic acids is 1. The topological polar surface area (TPSA) is 95.5 Å². The molecule has 2 aromatic carbocycles. The van der Waals surface area contributed by atoms with Crippen LogP contribution in [0.3, 0.4) is 0 Å². The van der Waals surface area contributed by atoms with Gasteiger partial charge in [-0.3, -0.25) is 5.10 Å². The fourth-order valence-electron chi connectivity index (χ4n) is 4.81. The van der Waals surface area contributed by atoms with Crippen LogP contribution in [0.2, 0.25) is 0 Å². The van der Waals surface area contributed by atoms with E-state index in [0.29, 0.717) is 38.2 Å². The molecule has 1 saturated heterocycles. The third-order valence-corrected chi connectivity index (χ3v) is 6.40. The molecule has 2 N–H and O–H groups in total. The molecule has 1 aliphatic heterocycles. The van der Waals surface area contributed by atoms with Crippen LogP contribution in [0.4, 0.5) is 4.79 Å². The minimum absolute atomic E-state index is 0.0389. The number of nitrogens with zero attached hydrogens (tertiary/aromatic N) is 2. The Labute approximate surface area is 179 Å². The highest BCUT2D eigenvalue weighted by atomic mass is 16.6. The molecule has 0 atom stereocenters. The Bertz CT molecular complexity index is 1090. The van der Waals surface area contributed by atoms with Gasteiger partial charge in [-0.2, -0.15) is 5.10 Å². The fourth-order valence-corrected chi connectivity index (χ4v) is 4.81. The molecule has 2 aliphatic rings. The van der Waals surface area contributed by atoms with Crippen molar-refractivity contribution in [3.05, 3.63) is 77.1 Å². The number of nitrogens with one attached hydrogen (secondary N) is 1. The van der Waals surface area contributed by atoms with Crippen molar-refractivity contribution in [3.63, 3.8) is 0 Å². The predicted octanol–water partition coefficient (Wildman–Crippen LogP) is 4.24. The summed E-state index contributed by atoms with van der Waals surface area (Å²) in [6.45, 7) is 1.36. The minimum Gasteiger partial charge on any atom is -0.478 e. The number of hydrogen-bond acceptors (Lipinski definition) is 4. The van der Waals surface area contributed by atoms with Crippen LogP contribution in [-0.2, 0) is 4.74 Å². The number of H-pyrrole nitrogens is 1. The Balaban J connectivity index is 1.22. The van der Waals surface area contributed by atoms with Gasteiger partial charge in [-0.25, -0.2) is 9.59 Å². The van der Waals surface area contributed by atoms with E-state index in [-0.39, 0.29) is 23.5 Å². The Morgan fingerprint density at radius 2 is 1.65 bits per heavy atom. The first-order valence-electron chi connectivity index (χ1n) is 10.5. The zero-order chi connectivity index (χ0) is 21.4. The van der Waals surface area contributed by atoms with Crippen molar-refractivity contribution in [1.82, 2.24) is 15.1 Å². The van der Waals surface area contributed by atoms with Crippen LogP contribution in [-0.4, -0.2) is 52.0 Å². The maximum atomic E-state index is 12.7. The molecule has 0 saturated carbocycles. The Kier molecular flexibility index (Phi) is 4.94. The fraction of sp³-hybridized carbons (Fsp3) is 0.292. The summed E-state index contributed by atoms with van der Waals surface area (Å²) in [5, 5.41) is 16.0. The molecule has 2 heterocycles. The summed E-state index contributed by atoms with van der Waals surface area (Å²) in [6, 6.07) is 16.5. The minimum atomic E-state index is -0.984. The van der Waals surface area contributed by atoms with Gasteiger partial charge in [0.1, 0.15) is 12.2 Å². The van der Waals surface area contributed by atoms with Crippen molar-refractivity contribution >= 4 is 12.1 Å². The number of ether oxygens (including phenoxy) is 1. The van der Waals surface area contributed by atoms with Gasteiger partial charge in [-0.1, -0.05) is 48.5 Å². The van der Waals surface area contributed by atoms with E-state index in [0.717, 1.165) is 0 Å². The molecule has 1 aromatic heterocycles. The lowest BCUT2D eigenvalue weighted by atomic mass is 9.91. The second-order valence-corrected chi connectivity index (χ2v) is 8.07. The van der Waals surface area contributed by atoms with Crippen molar-refractivity contribution in [2.45, 2.75) is 24.7 Å². The molecule has 7 nitrogen and oxygen atoms in total. The van der Waals surface area contributed by atoms with Gasteiger partial charge in [-0.05, 0) is 35.1 Å². The maximum Gasteiger partial charge on any atom is 0.409 e. The van der Waals surface area contributed by atoms with Crippen molar-refractivity contribution in [2.24, 2.45) is 0 Å². The second-order valence-electron chi connectivity index (χ2n) is 8.07. The lowest BCUT2D eigenvalue weighted by molar-refractivity contribution is 0.0691. The highest BCUT2D eigenvalue weighted by molar-refractivity contribution is 5.88. The van der Waals surface area contributed by atoms with Crippen LogP contribution < -0.4 is 0 Å². The summed E-state index contributed by atoms with van der Waals surface area (Å²) in [6.07, 6.45) is 2.37. The third kappa shape index (κ3) is 3.46. The smallest absolute Gasteiger partial charge is 0.409 e. The first kappa shape index (κ1) is 19.4. The third-order valence-electron chi connectivity index (χ3n) is 6.40. The summed E-state index contributed by atoms with van der Waals surface area (Å²) < 4.78 is 5.74. The Hall–Kier alpha value is -3.61. The monoisotopic (exact) mass is 417 g/mol. The number of aromatic amines is 1. The first-order valence-corrected chi connectivity index (χ1v) is 10.5.